The summed E-state index contributed by atoms with van der Waals surface area (Å²) in [7, 11) is 0. The monoisotopic (exact) mass is 193 g/mol. The highest BCUT2D eigenvalue weighted by Gasteiger charge is 2.12. The Hall–Kier alpha value is -1.47. The fourth-order valence-corrected chi connectivity index (χ4v) is 1.35. The number of rotatable bonds is 3. The average molecular weight is 193 g/mol. The second-order valence-corrected chi connectivity index (χ2v) is 3.17. The molecule has 74 valence electrons. The van der Waals surface area contributed by atoms with Gasteiger partial charge in [0.2, 0.25) is 6.08 Å². The van der Waals surface area contributed by atoms with Crippen LogP contribution in [0.5, 0.6) is 0 Å². The molecule has 0 aromatic heterocycles. The van der Waals surface area contributed by atoms with E-state index in [1.54, 1.807) is 12.1 Å². The van der Waals surface area contributed by atoms with Crippen LogP contribution in [0.15, 0.2) is 23.2 Å². The van der Waals surface area contributed by atoms with Gasteiger partial charge in [0.05, 0.1) is 6.04 Å². The van der Waals surface area contributed by atoms with Crippen molar-refractivity contribution in [3.63, 3.8) is 0 Å². The number of nitrogens with zero attached hydrogens (tertiary/aromatic N) is 1. The molecule has 0 aliphatic rings. The van der Waals surface area contributed by atoms with Crippen molar-refractivity contribution >= 4 is 6.08 Å². The summed E-state index contributed by atoms with van der Waals surface area (Å²) in [5.41, 5.74) is 1.32. The molecule has 3 heteroatoms. The number of aliphatic imine (C=N–C) groups is 1. The zero-order valence-corrected chi connectivity index (χ0v) is 8.25. The van der Waals surface area contributed by atoms with E-state index in [9.17, 15) is 9.18 Å². The molecule has 1 aromatic rings. The SMILES string of the molecule is CCC(N=C=O)c1ccc(C)cc1F. The molecule has 0 aliphatic carbocycles. The molecule has 0 aliphatic heterocycles. The van der Waals surface area contributed by atoms with Crippen LogP contribution in [0.3, 0.4) is 0 Å². The van der Waals surface area contributed by atoms with Crippen LogP contribution in [-0.4, -0.2) is 6.08 Å². The second-order valence-electron chi connectivity index (χ2n) is 3.17. The summed E-state index contributed by atoms with van der Waals surface area (Å²) in [5.74, 6) is -0.309. The van der Waals surface area contributed by atoms with E-state index in [2.05, 4.69) is 4.99 Å². The van der Waals surface area contributed by atoms with Crippen molar-refractivity contribution in [3.05, 3.63) is 35.1 Å². The first-order valence-electron chi connectivity index (χ1n) is 4.52. The zero-order chi connectivity index (χ0) is 10.6. The van der Waals surface area contributed by atoms with E-state index in [0.29, 0.717) is 12.0 Å². The normalized spacial score (nSPS) is 11.9. The first kappa shape index (κ1) is 10.6. The Morgan fingerprint density at radius 3 is 2.79 bits per heavy atom. The molecule has 0 N–H and O–H groups in total. The Morgan fingerprint density at radius 2 is 2.29 bits per heavy atom. The van der Waals surface area contributed by atoms with E-state index in [0.717, 1.165) is 5.56 Å². The lowest BCUT2D eigenvalue weighted by molar-refractivity contribution is 0.546. The lowest BCUT2D eigenvalue weighted by atomic mass is 10.0. The number of carbonyl (C=O) groups excluding carboxylic acids is 1. The molecule has 1 rings (SSSR count). The van der Waals surface area contributed by atoms with Crippen molar-refractivity contribution in [1.82, 2.24) is 0 Å². The fourth-order valence-electron chi connectivity index (χ4n) is 1.35. The summed E-state index contributed by atoms with van der Waals surface area (Å²) in [6.45, 7) is 3.67. The second kappa shape index (κ2) is 4.68. The Balaban J connectivity index is 3.10. The van der Waals surface area contributed by atoms with Crippen molar-refractivity contribution in [2.24, 2.45) is 4.99 Å². The van der Waals surface area contributed by atoms with Gasteiger partial charge in [0.25, 0.3) is 0 Å². The zero-order valence-electron chi connectivity index (χ0n) is 8.25. The van der Waals surface area contributed by atoms with Crippen molar-refractivity contribution in [2.45, 2.75) is 26.3 Å². The summed E-state index contributed by atoms with van der Waals surface area (Å²) < 4.78 is 13.4. The molecule has 0 bridgehead atoms. The molecule has 0 saturated carbocycles. The Morgan fingerprint density at radius 1 is 1.57 bits per heavy atom. The van der Waals surface area contributed by atoms with Gasteiger partial charge in [-0.2, -0.15) is 4.99 Å². The van der Waals surface area contributed by atoms with Gasteiger partial charge in [0, 0.05) is 5.56 Å². The van der Waals surface area contributed by atoms with Gasteiger partial charge in [0.1, 0.15) is 5.82 Å². The minimum Gasteiger partial charge on any atom is -0.211 e. The number of halogens is 1. The molecule has 0 amide bonds. The van der Waals surface area contributed by atoms with Crippen LogP contribution in [0, 0.1) is 12.7 Å². The van der Waals surface area contributed by atoms with Gasteiger partial charge >= 0.3 is 0 Å². The third-order valence-corrected chi connectivity index (χ3v) is 2.11. The van der Waals surface area contributed by atoms with Gasteiger partial charge in [0.15, 0.2) is 0 Å². The molecule has 2 nitrogen and oxygen atoms in total. The molecule has 1 aromatic carbocycles. The molecule has 1 unspecified atom stereocenters. The van der Waals surface area contributed by atoms with Crippen LogP contribution in [-0.2, 0) is 4.79 Å². The maximum atomic E-state index is 13.4. The Labute approximate surface area is 82.5 Å². The molecule has 0 fully saturated rings. The fraction of sp³-hybridized carbons (Fsp3) is 0.364. The van der Waals surface area contributed by atoms with Crippen molar-refractivity contribution in [2.75, 3.05) is 0 Å². The Kier molecular flexibility index (Phi) is 3.55. The summed E-state index contributed by atoms with van der Waals surface area (Å²) >= 11 is 0. The maximum Gasteiger partial charge on any atom is 0.235 e. The molecule has 0 saturated heterocycles. The number of hydrogen-bond acceptors (Lipinski definition) is 2. The summed E-state index contributed by atoms with van der Waals surface area (Å²) in [5, 5.41) is 0. The van der Waals surface area contributed by atoms with Gasteiger partial charge in [-0.05, 0) is 25.0 Å². The van der Waals surface area contributed by atoms with Crippen LogP contribution in [0.1, 0.15) is 30.5 Å². The Bertz CT molecular complexity index is 370. The lowest BCUT2D eigenvalue weighted by Gasteiger charge is -2.09. The largest absolute Gasteiger partial charge is 0.235 e. The molecule has 14 heavy (non-hydrogen) atoms. The average Bonchev–Trinajstić information content (AvgIpc) is 2.15. The minimum absolute atomic E-state index is 0.309. The predicted molar refractivity (Wildman–Crippen MR) is 52.3 cm³/mol. The van der Waals surface area contributed by atoms with Crippen molar-refractivity contribution in [3.8, 4) is 0 Å². The molecular weight excluding hydrogens is 181 g/mol. The third-order valence-electron chi connectivity index (χ3n) is 2.11. The van der Waals surface area contributed by atoms with Gasteiger partial charge in [-0.1, -0.05) is 19.1 Å². The summed E-state index contributed by atoms with van der Waals surface area (Å²) in [4.78, 5) is 13.7. The quantitative estimate of drug-likeness (QED) is 0.536. The first-order valence-corrected chi connectivity index (χ1v) is 4.52. The van der Waals surface area contributed by atoms with Crippen LogP contribution in [0.4, 0.5) is 4.39 Å². The number of benzene rings is 1. The topological polar surface area (TPSA) is 29.4 Å². The molecular formula is C11H12FNO. The van der Waals surface area contributed by atoms with Crippen LogP contribution in [0.2, 0.25) is 0 Å². The van der Waals surface area contributed by atoms with E-state index in [-0.39, 0.29) is 5.82 Å². The van der Waals surface area contributed by atoms with Gasteiger partial charge in [-0.15, -0.1) is 0 Å². The first-order chi connectivity index (χ1) is 6.69. The van der Waals surface area contributed by atoms with Gasteiger partial charge in [-0.25, -0.2) is 9.18 Å². The van der Waals surface area contributed by atoms with E-state index >= 15 is 0 Å². The van der Waals surface area contributed by atoms with Gasteiger partial charge in [-0.3, -0.25) is 0 Å². The van der Waals surface area contributed by atoms with Gasteiger partial charge < -0.3 is 0 Å². The summed E-state index contributed by atoms with van der Waals surface area (Å²) in [6.07, 6.45) is 2.06. The van der Waals surface area contributed by atoms with Crippen molar-refractivity contribution in [1.29, 1.82) is 0 Å². The smallest absolute Gasteiger partial charge is 0.211 e. The summed E-state index contributed by atoms with van der Waals surface area (Å²) in [6, 6.07) is 4.51. The van der Waals surface area contributed by atoms with E-state index in [4.69, 9.17) is 0 Å². The number of aryl methyl sites for hydroxylation is 1. The lowest BCUT2D eigenvalue weighted by Crippen LogP contribution is -1.97. The van der Waals surface area contributed by atoms with Crippen molar-refractivity contribution < 1.29 is 9.18 Å². The number of isocyanates is 1. The van der Waals surface area contributed by atoms with E-state index < -0.39 is 6.04 Å². The van der Waals surface area contributed by atoms with Crippen LogP contribution < -0.4 is 0 Å². The highest BCUT2D eigenvalue weighted by atomic mass is 19.1. The molecule has 0 heterocycles. The molecule has 1 atom stereocenters. The minimum atomic E-state index is -0.409. The third kappa shape index (κ3) is 2.27. The van der Waals surface area contributed by atoms with Crippen LogP contribution in [0.25, 0.3) is 0 Å². The highest BCUT2D eigenvalue weighted by Crippen LogP contribution is 2.23. The highest BCUT2D eigenvalue weighted by molar-refractivity contribution is 5.36. The maximum absolute atomic E-state index is 13.4. The predicted octanol–water partition coefficient (Wildman–Crippen LogP) is 2.92. The molecule has 0 spiro atoms. The number of hydrogen-bond donors (Lipinski definition) is 0. The van der Waals surface area contributed by atoms with E-state index in [1.165, 1.54) is 12.1 Å². The van der Waals surface area contributed by atoms with E-state index in [1.807, 2.05) is 13.8 Å². The standard InChI is InChI=1S/C11H12FNO/c1-3-11(13-7-14)9-5-4-8(2)6-10(9)12/h4-6,11H,3H2,1-2H3. The van der Waals surface area contributed by atoms with Crippen LogP contribution >= 0.6 is 0 Å². The molecule has 0 radical (unpaired) electrons.